The van der Waals surface area contributed by atoms with Gasteiger partial charge in [-0.25, -0.2) is 4.99 Å². The van der Waals surface area contributed by atoms with E-state index < -0.39 is 0 Å². The van der Waals surface area contributed by atoms with Crippen LogP contribution in [-0.4, -0.2) is 112 Å². The lowest BCUT2D eigenvalue weighted by molar-refractivity contribution is -0.115. The van der Waals surface area contributed by atoms with Crippen molar-refractivity contribution < 1.29 is 19.1 Å². The highest BCUT2D eigenvalue weighted by molar-refractivity contribution is 6.39. The summed E-state index contributed by atoms with van der Waals surface area (Å²) in [4.78, 5) is 38.6. The highest BCUT2D eigenvalue weighted by atomic mass is 35.5. The monoisotopic (exact) mass is 681 g/mol. The second-order valence-corrected chi connectivity index (χ2v) is 12.3. The van der Waals surface area contributed by atoms with Gasteiger partial charge in [0.2, 0.25) is 5.91 Å². The number of amides is 2. The number of rotatable bonds is 10. The standard InChI is InChI=1S/C34H41Cl2N7O4/c1-46-20-19-40-11-13-42(14-12-40)33(45)25-22-29(35)32(30(36)23-25)39-34(37)43-17-15-41(16-18-43)27-7-5-26(6-8-27)38-31(44)21-24-3-9-28(47-2)10-4-24/h3-10,22-23H,11-21H2,1-2H3,(H2,37,39)(H,38,44). The van der Waals surface area contributed by atoms with Gasteiger partial charge < -0.3 is 35.2 Å². The fourth-order valence-electron chi connectivity index (χ4n) is 5.64. The fourth-order valence-corrected chi connectivity index (χ4v) is 6.21. The Balaban J connectivity index is 1.12. The lowest BCUT2D eigenvalue weighted by atomic mass is 10.1. The maximum atomic E-state index is 13.2. The van der Waals surface area contributed by atoms with Crippen molar-refractivity contribution in [1.82, 2.24) is 14.7 Å². The van der Waals surface area contributed by atoms with Gasteiger partial charge in [-0.1, -0.05) is 35.3 Å². The molecule has 0 aliphatic carbocycles. The maximum absolute atomic E-state index is 13.2. The van der Waals surface area contributed by atoms with E-state index in [-0.39, 0.29) is 28.3 Å². The summed E-state index contributed by atoms with van der Waals surface area (Å²) in [6, 6.07) is 18.5. The summed E-state index contributed by atoms with van der Waals surface area (Å²) in [5.41, 5.74) is 9.89. The third kappa shape index (κ3) is 9.07. The van der Waals surface area contributed by atoms with Crippen molar-refractivity contribution >= 4 is 58.0 Å². The van der Waals surface area contributed by atoms with Gasteiger partial charge in [0.15, 0.2) is 5.96 Å². The van der Waals surface area contributed by atoms with Crippen LogP contribution in [0.4, 0.5) is 17.1 Å². The van der Waals surface area contributed by atoms with Crippen LogP contribution in [0.1, 0.15) is 15.9 Å². The average Bonchev–Trinajstić information content (AvgIpc) is 3.09. The minimum atomic E-state index is -0.108. The molecule has 13 heteroatoms. The largest absolute Gasteiger partial charge is 0.497 e. The summed E-state index contributed by atoms with van der Waals surface area (Å²) >= 11 is 13.2. The first-order valence-electron chi connectivity index (χ1n) is 15.6. The molecule has 0 aromatic heterocycles. The Morgan fingerprint density at radius 2 is 1.47 bits per heavy atom. The minimum Gasteiger partial charge on any atom is -0.497 e. The molecule has 2 heterocycles. The number of nitrogens with two attached hydrogens (primary N) is 1. The van der Waals surface area contributed by atoms with Crippen LogP contribution in [0.2, 0.25) is 10.0 Å². The van der Waals surface area contributed by atoms with E-state index in [0.29, 0.717) is 50.0 Å². The number of carbonyl (C=O) groups excluding carboxylic acids is 2. The summed E-state index contributed by atoms with van der Waals surface area (Å²) < 4.78 is 10.3. The summed E-state index contributed by atoms with van der Waals surface area (Å²) in [5.74, 6) is 0.881. The molecule has 11 nitrogen and oxygen atoms in total. The van der Waals surface area contributed by atoms with Crippen LogP contribution in [-0.2, 0) is 16.0 Å². The van der Waals surface area contributed by atoms with E-state index in [0.717, 1.165) is 55.4 Å². The molecule has 5 rings (SSSR count). The Kier molecular flexibility index (Phi) is 11.8. The summed E-state index contributed by atoms with van der Waals surface area (Å²) in [7, 11) is 3.30. The number of aliphatic imine (C=N–C) groups is 1. The number of carbonyl (C=O) groups is 2. The Bertz CT molecular complexity index is 1530. The van der Waals surface area contributed by atoms with Gasteiger partial charge in [-0.15, -0.1) is 0 Å². The molecule has 0 radical (unpaired) electrons. The number of methoxy groups -OCH3 is 2. The molecule has 2 saturated heterocycles. The second-order valence-electron chi connectivity index (χ2n) is 11.5. The molecule has 0 atom stereocenters. The number of anilines is 2. The van der Waals surface area contributed by atoms with E-state index in [4.69, 9.17) is 38.4 Å². The first-order chi connectivity index (χ1) is 22.7. The Labute approximate surface area is 285 Å². The van der Waals surface area contributed by atoms with E-state index in [1.54, 1.807) is 26.4 Å². The predicted molar refractivity (Wildman–Crippen MR) is 188 cm³/mol. The van der Waals surface area contributed by atoms with Gasteiger partial charge >= 0.3 is 0 Å². The van der Waals surface area contributed by atoms with Crippen molar-refractivity contribution in [3.05, 3.63) is 81.8 Å². The molecule has 2 aliphatic rings. The number of guanidine groups is 1. The number of halogens is 2. The van der Waals surface area contributed by atoms with Gasteiger partial charge in [0, 0.05) is 83.0 Å². The van der Waals surface area contributed by atoms with Crippen molar-refractivity contribution in [2.24, 2.45) is 10.7 Å². The van der Waals surface area contributed by atoms with Crippen molar-refractivity contribution in [1.29, 1.82) is 0 Å². The van der Waals surface area contributed by atoms with Gasteiger partial charge in [0.25, 0.3) is 5.91 Å². The quantitative estimate of drug-likeness (QED) is 0.240. The van der Waals surface area contributed by atoms with Crippen molar-refractivity contribution in [3.8, 4) is 5.75 Å². The SMILES string of the molecule is COCCN1CCN(C(=O)c2cc(Cl)c(N=C(N)N3CCN(c4ccc(NC(=O)Cc5ccc(OC)cc5)cc4)CC3)c(Cl)c2)CC1. The molecule has 3 N–H and O–H groups in total. The van der Waals surface area contributed by atoms with Crippen LogP contribution in [0.3, 0.4) is 0 Å². The first-order valence-corrected chi connectivity index (χ1v) is 16.4. The molecular weight excluding hydrogens is 641 g/mol. The second kappa shape index (κ2) is 16.2. The van der Waals surface area contributed by atoms with E-state index in [1.165, 1.54) is 0 Å². The predicted octanol–water partition coefficient (Wildman–Crippen LogP) is 4.36. The number of ether oxygens (including phenoxy) is 2. The number of nitrogens with one attached hydrogen (secondary N) is 1. The highest BCUT2D eigenvalue weighted by Crippen LogP contribution is 2.35. The smallest absolute Gasteiger partial charge is 0.254 e. The fraction of sp³-hybridized carbons (Fsp3) is 0.382. The number of hydrogen-bond donors (Lipinski definition) is 2. The summed E-state index contributed by atoms with van der Waals surface area (Å²) in [6.45, 7) is 7.11. The van der Waals surface area contributed by atoms with E-state index in [9.17, 15) is 9.59 Å². The lowest BCUT2D eigenvalue weighted by Gasteiger charge is -2.36. The molecule has 3 aromatic carbocycles. The van der Waals surface area contributed by atoms with Crippen LogP contribution in [0.15, 0.2) is 65.7 Å². The van der Waals surface area contributed by atoms with Crippen molar-refractivity contribution in [3.63, 3.8) is 0 Å². The third-order valence-corrected chi connectivity index (χ3v) is 8.98. The Hall–Kier alpha value is -4.03. The van der Waals surface area contributed by atoms with Crippen LogP contribution in [0.5, 0.6) is 5.75 Å². The zero-order valence-electron chi connectivity index (χ0n) is 26.8. The minimum absolute atomic E-state index is 0.0831. The lowest BCUT2D eigenvalue weighted by Crippen LogP contribution is -2.51. The van der Waals surface area contributed by atoms with Crippen LogP contribution < -0.4 is 20.7 Å². The molecule has 0 saturated carbocycles. The van der Waals surface area contributed by atoms with E-state index >= 15 is 0 Å². The van der Waals surface area contributed by atoms with Crippen molar-refractivity contribution in [2.45, 2.75) is 6.42 Å². The first kappa shape index (κ1) is 34.3. The van der Waals surface area contributed by atoms with E-state index in [2.05, 4.69) is 20.1 Å². The van der Waals surface area contributed by atoms with Gasteiger partial charge in [0.05, 0.1) is 30.2 Å². The average molecular weight is 683 g/mol. The number of nitrogens with zero attached hydrogens (tertiary/aromatic N) is 5. The summed E-state index contributed by atoms with van der Waals surface area (Å²) in [5, 5.41) is 3.51. The Morgan fingerprint density at radius 1 is 0.851 bits per heavy atom. The van der Waals surface area contributed by atoms with E-state index in [1.807, 2.05) is 58.3 Å². The van der Waals surface area contributed by atoms with Gasteiger partial charge in [-0.05, 0) is 54.1 Å². The molecule has 2 fully saturated rings. The molecule has 47 heavy (non-hydrogen) atoms. The van der Waals surface area contributed by atoms with Gasteiger partial charge in [-0.2, -0.15) is 0 Å². The molecule has 3 aromatic rings. The third-order valence-electron chi connectivity index (χ3n) is 8.40. The number of benzene rings is 3. The maximum Gasteiger partial charge on any atom is 0.254 e. The van der Waals surface area contributed by atoms with Crippen LogP contribution in [0, 0.1) is 0 Å². The van der Waals surface area contributed by atoms with Crippen LogP contribution >= 0.6 is 23.2 Å². The number of piperazine rings is 2. The topological polar surface area (TPSA) is 116 Å². The van der Waals surface area contributed by atoms with Gasteiger partial charge in [0.1, 0.15) is 11.4 Å². The zero-order chi connectivity index (χ0) is 33.3. The molecular formula is C34H41Cl2N7O4. The molecule has 0 spiro atoms. The normalized spacial score (nSPS) is 15.9. The van der Waals surface area contributed by atoms with Crippen LogP contribution in [0.25, 0.3) is 0 Å². The van der Waals surface area contributed by atoms with Gasteiger partial charge in [-0.3, -0.25) is 14.5 Å². The zero-order valence-corrected chi connectivity index (χ0v) is 28.3. The highest BCUT2D eigenvalue weighted by Gasteiger charge is 2.24. The Morgan fingerprint density at radius 3 is 2.06 bits per heavy atom. The van der Waals surface area contributed by atoms with Crippen molar-refractivity contribution in [2.75, 3.05) is 89.9 Å². The molecule has 2 aliphatic heterocycles. The molecule has 250 valence electrons. The molecule has 0 unspecified atom stereocenters. The molecule has 0 bridgehead atoms. The number of hydrogen-bond acceptors (Lipinski definition) is 7. The summed E-state index contributed by atoms with van der Waals surface area (Å²) in [6.07, 6.45) is 0.281. The molecule has 2 amide bonds.